The van der Waals surface area contributed by atoms with E-state index >= 15 is 0 Å². The highest BCUT2D eigenvalue weighted by atomic mass is 16.4. The Morgan fingerprint density at radius 1 is 1.65 bits per heavy atom. The van der Waals surface area contributed by atoms with E-state index in [2.05, 4.69) is 10.3 Å². The number of carbonyl (C=O) groups is 1. The van der Waals surface area contributed by atoms with Crippen molar-refractivity contribution in [2.45, 2.75) is 52.2 Å². The Balaban J connectivity index is 2.90. The number of aliphatic carboxylic acids is 1. The predicted molar refractivity (Wildman–Crippen MR) is 65.9 cm³/mol. The summed E-state index contributed by atoms with van der Waals surface area (Å²) in [5.41, 5.74) is -0.973. The van der Waals surface area contributed by atoms with Gasteiger partial charge in [-0.1, -0.05) is 6.92 Å². The zero-order valence-corrected chi connectivity index (χ0v) is 10.9. The number of nitrogens with zero attached hydrogens (tertiary/aromatic N) is 2. The second-order valence-corrected chi connectivity index (χ2v) is 4.76. The fourth-order valence-corrected chi connectivity index (χ4v) is 1.95. The minimum absolute atomic E-state index is 0.115. The molecule has 0 bridgehead atoms. The van der Waals surface area contributed by atoms with Gasteiger partial charge in [-0.15, -0.1) is 0 Å². The summed E-state index contributed by atoms with van der Waals surface area (Å²) in [5.74, 6) is 0.0602. The molecule has 17 heavy (non-hydrogen) atoms. The molecule has 1 aromatic heterocycles. The minimum Gasteiger partial charge on any atom is -0.480 e. The van der Waals surface area contributed by atoms with Crippen LogP contribution in [-0.4, -0.2) is 32.2 Å². The number of aromatic nitrogens is 2. The molecule has 0 aliphatic rings. The Labute approximate surface area is 102 Å². The molecule has 0 fully saturated rings. The van der Waals surface area contributed by atoms with E-state index in [0.717, 1.165) is 12.2 Å². The molecule has 0 aromatic carbocycles. The number of carboxylic acid groups (broad SMARTS) is 1. The van der Waals surface area contributed by atoms with Crippen molar-refractivity contribution in [1.29, 1.82) is 0 Å². The molecule has 0 radical (unpaired) electrons. The topological polar surface area (TPSA) is 67.2 Å². The number of aryl methyl sites for hydroxylation is 1. The third kappa shape index (κ3) is 3.30. The van der Waals surface area contributed by atoms with Crippen LogP contribution in [0.15, 0.2) is 12.4 Å². The second kappa shape index (κ2) is 5.31. The van der Waals surface area contributed by atoms with E-state index < -0.39 is 11.5 Å². The molecule has 96 valence electrons. The third-order valence-corrected chi connectivity index (χ3v) is 2.68. The first-order chi connectivity index (χ1) is 7.89. The average molecular weight is 239 g/mol. The maximum Gasteiger partial charge on any atom is 0.325 e. The van der Waals surface area contributed by atoms with E-state index in [1.54, 1.807) is 13.1 Å². The van der Waals surface area contributed by atoms with E-state index in [9.17, 15) is 9.90 Å². The highest BCUT2D eigenvalue weighted by molar-refractivity contribution is 5.78. The van der Waals surface area contributed by atoms with Crippen LogP contribution in [0.1, 0.15) is 33.5 Å². The van der Waals surface area contributed by atoms with Gasteiger partial charge in [-0.05, 0) is 20.8 Å². The lowest BCUT2D eigenvalue weighted by molar-refractivity contribution is -0.145. The fourth-order valence-electron chi connectivity index (χ4n) is 1.95. The van der Waals surface area contributed by atoms with E-state index in [1.807, 2.05) is 31.5 Å². The van der Waals surface area contributed by atoms with Gasteiger partial charge in [0.1, 0.15) is 11.4 Å². The predicted octanol–water partition coefficient (Wildman–Crippen LogP) is 1.29. The van der Waals surface area contributed by atoms with E-state index in [-0.39, 0.29) is 6.04 Å². The lowest BCUT2D eigenvalue weighted by Gasteiger charge is -2.29. The molecule has 0 spiro atoms. The van der Waals surface area contributed by atoms with Crippen molar-refractivity contribution in [3.05, 3.63) is 18.2 Å². The molecule has 1 aromatic rings. The first-order valence-electron chi connectivity index (χ1n) is 5.90. The third-order valence-electron chi connectivity index (χ3n) is 2.68. The Hall–Kier alpha value is -1.36. The number of carboxylic acids is 1. The molecule has 0 aliphatic heterocycles. The molecular formula is C12H21N3O2. The fraction of sp³-hybridized carbons (Fsp3) is 0.667. The normalized spacial score (nSPS) is 14.9. The highest BCUT2D eigenvalue weighted by Crippen LogP contribution is 2.12. The summed E-state index contributed by atoms with van der Waals surface area (Å²) >= 11 is 0. The maximum atomic E-state index is 11.4. The maximum absolute atomic E-state index is 11.4. The zero-order chi connectivity index (χ0) is 13.1. The second-order valence-electron chi connectivity index (χ2n) is 4.76. The van der Waals surface area contributed by atoms with Crippen LogP contribution in [0.5, 0.6) is 0 Å². The van der Waals surface area contributed by atoms with Gasteiger partial charge in [0.05, 0.1) is 6.54 Å². The molecule has 0 saturated heterocycles. The summed E-state index contributed by atoms with van der Waals surface area (Å²) in [6, 6.07) is 0.115. The summed E-state index contributed by atoms with van der Waals surface area (Å²) in [6.45, 7) is 7.97. The van der Waals surface area contributed by atoms with Gasteiger partial charge in [-0.3, -0.25) is 10.1 Å². The lowest BCUT2D eigenvalue weighted by atomic mass is 10.0. The van der Waals surface area contributed by atoms with Crippen molar-refractivity contribution < 1.29 is 9.90 Å². The number of imidazole rings is 1. The van der Waals surface area contributed by atoms with E-state index in [1.165, 1.54) is 0 Å². The molecule has 1 heterocycles. The summed E-state index contributed by atoms with van der Waals surface area (Å²) in [6.07, 6.45) is 4.32. The summed E-state index contributed by atoms with van der Waals surface area (Å²) in [7, 11) is 0. The van der Waals surface area contributed by atoms with Crippen LogP contribution in [0, 0.1) is 0 Å². The lowest BCUT2D eigenvalue weighted by Crippen LogP contribution is -2.55. The first-order valence-corrected chi connectivity index (χ1v) is 5.90. The average Bonchev–Trinajstić information content (AvgIpc) is 2.63. The van der Waals surface area contributed by atoms with Gasteiger partial charge in [0.15, 0.2) is 0 Å². The largest absolute Gasteiger partial charge is 0.480 e. The molecule has 1 unspecified atom stereocenters. The number of hydrogen-bond acceptors (Lipinski definition) is 3. The Kier molecular flexibility index (Phi) is 4.28. The molecule has 0 aliphatic carbocycles. The van der Waals surface area contributed by atoms with Crippen molar-refractivity contribution >= 4 is 5.97 Å². The summed E-state index contributed by atoms with van der Waals surface area (Å²) in [4.78, 5) is 15.6. The quantitative estimate of drug-likeness (QED) is 0.785. The summed E-state index contributed by atoms with van der Waals surface area (Å²) < 4.78 is 1.89. The number of nitrogens with one attached hydrogen (secondary N) is 1. The molecule has 2 N–H and O–H groups in total. The van der Waals surface area contributed by atoms with Crippen molar-refractivity contribution in [1.82, 2.24) is 14.9 Å². The smallest absolute Gasteiger partial charge is 0.325 e. The monoisotopic (exact) mass is 239 g/mol. The van der Waals surface area contributed by atoms with Crippen molar-refractivity contribution in [3.63, 3.8) is 0 Å². The van der Waals surface area contributed by atoms with Crippen molar-refractivity contribution in [2.24, 2.45) is 0 Å². The van der Waals surface area contributed by atoms with Gasteiger partial charge < -0.3 is 9.67 Å². The standard InChI is InChI=1S/C12H21N3O2/c1-5-10-13-6-7-15(10)8-12(4,11(16)17)14-9(2)3/h6-7,9,14H,5,8H2,1-4H3,(H,16,17). The van der Waals surface area contributed by atoms with Gasteiger partial charge in [-0.2, -0.15) is 0 Å². The molecular weight excluding hydrogens is 218 g/mol. The highest BCUT2D eigenvalue weighted by Gasteiger charge is 2.34. The van der Waals surface area contributed by atoms with Gasteiger partial charge in [0.25, 0.3) is 0 Å². The van der Waals surface area contributed by atoms with Gasteiger partial charge in [0, 0.05) is 24.9 Å². The first kappa shape index (κ1) is 13.7. The molecule has 1 atom stereocenters. The number of hydrogen-bond donors (Lipinski definition) is 2. The molecule has 5 heteroatoms. The Morgan fingerprint density at radius 2 is 2.29 bits per heavy atom. The van der Waals surface area contributed by atoms with Crippen LogP contribution in [0.4, 0.5) is 0 Å². The van der Waals surface area contributed by atoms with Crippen LogP contribution in [-0.2, 0) is 17.8 Å². The molecule has 0 amide bonds. The molecule has 0 saturated carbocycles. The van der Waals surface area contributed by atoms with Crippen LogP contribution in [0.2, 0.25) is 0 Å². The van der Waals surface area contributed by atoms with Crippen LogP contribution < -0.4 is 5.32 Å². The van der Waals surface area contributed by atoms with Crippen LogP contribution in [0.25, 0.3) is 0 Å². The van der Waals surface area contributed by atoms with Gasteiger partial charge in [-0.25, -0.2) is 4.98 Å². The molecule has 1 rings (SSSR count). The van der Waals surface area contributed by atoms with Crippen molar-refractivity contribution in [3.8, 4) is 0 Å². The van der Waals surface area contributed by atoms with Gasteiger partial charge in [0.2, 0.25) is 0 Å². The Morgan fingerprint density at radius 3 is 2.76 bits per heavy atom. The van der Waals surface area contributed by atoms with Crippen LogP contribution in [0.3, 0.4) is 0 Å². The summed E-state index contributed by atoms with van der Waals surface area (Å²) in [5, 5.41) is 12.4. The SMILES string of the molecule is CCc1nccn1CC(C)(NC(C)C)C(=O)O. The van der Waals surface area contributed by atoms with Crippen molar-refractivity contribution in [2.75, 3.05) is 0 Å². The van der Waals surface area contributed by atoms with E-state index in [0.29, 0.717) is 6.54 Å². The number of rotatable bonds is 6. The molecule has 5 nitrogen and oxygen atoms in total. The van der Waals surface area contributed by atoms with E-state index in [4.69, 9.17) is 0 Å². The van der Waals surface area contributed by atoms with Crippen LogP contribution >= 0.6 is 0 Å². The Bertz CT molecular complexity index is 387. The van der Waals surface area contributed by atoms with Gasteiger partial charge >= 0.3 is 5.97 Å². The minimum atomic E-state index is -0.973. The zero-order valence-electron chi connectivity index (χ0n) is 10.9.